The SMILES string of the molecule is COC(N)(OC)N1CCOCC1. The second-order valence-corrected chi connectivity index (χ2v) is 2.64. The van der Waals surface area contributed by atoms with E-state index < -0.39 is 6.03 Å². The molecule has 1 aliphatic heterocycles. The zero-order chi connectivity index (χ0) is 9.03. The number of morpholine rings is 1. The van der Waals surface area contributed by atoms with E-state index in [1.165, 1.54) is 14.2 Å². The van der Waals surface area contributed by atoms with Crippen molar-refractivity contribution in [1.82, 2.24) is 4.90 Å². The molecule has 0 unspecified atom stereocenters. The molecule has 0 aliphatic carbocycles. The molecule has 72 valence electrons. The lowest BCUT2D eigenvalue weighted by molar-refractivity contribution is -0.301. The molecule has 1 rings (SSSR count). The number of hydrogen-bond donors (Lipinski definition) is 1. The minimum absolute atomic E-state index is 0.672. The van der Waals surface area contributed by atoms with Crippen LogP contribution in [0, 0.1) is 0 Å². The molecule has 0 atom stereocenters. The first-order valence-electron chi connectivity index (χ1n) is 3.95. The smallest absolute Gasteiger partial charge is 0.291 e. The summed E-state index contributed by atoms with van der Waals surface area (Å²) in [6.07, 6.45) is 0. The van der Waals surface area contributed by atoms with Gasteiger partial charge in [-0.3, -0.25) is 5.73 Å². The molecule has 0 aromatic rings. The summed E-state index contributed by atoms with van der Waals surface area (Å²) in [5.41, 5.74) is 5.80. The maximum absolute atomic E-state index is 5.80. The van der Waals surface area contributed by atoms with E-state index in [9.17, 15) is 0 Å². The third-order valence-electron chi connectivity index (χ3n) is 2.04. The second-order valence-electron chi connectivity index (χ2n) is 2.64. The summed E-state index contributed by atoms with van der Waals surface area (Å²) >= 11 is 0. The highest BCUT2D eigenvalue weighted by molar-refractivity contribution is 4.68. The molecule has 0 aromatic carbocycles. The molecule has 0 spiro atoms. The van der Waals surface area contributed by atoms with Crippen LogP contribution in [0.3, 0.4) is 0 Å². The Morgan fingerprint density at radius 3 is 2.17 bits per heavy atom. The highest BCUT2D eigenvalue weighted by Crippen LogP contribution is 2.12. The lowest BCUT2D eigenvalue weighted by Crippen LogP contribution is -2.61. The minimum atomic E-state index is -1.09. The molecule has 1 saturated heterocycles. The van der Waals surface area contributed by atoms with Crippen molar-refractivity contribution in [2.45, 2.75) is 6.03 Å². The van der Waals surface area contributed by atoms with Crippen LogP contribution in [0.2, 0.25) is 0 Å². The van der Waals surface area contributed by atoms with Crippen LogP contribution < -0.4 is 5.73 Å². The average Bonchev–Trinajstić information content (AvgIpc) is 2.18. The van der Waals surface area contributed by atoms with Gasteiger partial charge in [0, 0.05) is 27.3 Å². The van der Waals surface area contributed by atoms with Crippen LogP contribution in [-0.4, -0.2) is 51.5 Å². The summed E-state index contributed by atoms with van der Waals surface area (Å²) in [5, 5.41) is 0. The van der Waals surface area contributed by atoms with Crippen molar-refractivity contribution in [3.8, 4) is 0 Å². The van der Waals surface area contributed by atoms with Gasteiger partial charge in [-0.15, -0.1) is 0 Å². The van der Waals surface area contributed by atoms with E-state index in [0.717, 1.165) is 13.1 Å². The Hall–Kier alpha value is -0.200. The molecule has 5 nitrogen and oxygen atoms in total. The number of rotatable bonds is 3. The lowest BCUT2D eigenvalue weighted by Gasteiger charge is -2.39. The molecule has 1 fully saturated rings. The first-order chi connectivity index (χ1) is 5.73. The van der Waals surface area contributed by atoms with Gasteiger partial charge in [0.25, 0.3) is 6.03 Å². The largest absolute Gasteiger partial charge is 0.379 e. The van der Waals surface area contributed by atoms with E-state index in [0.29, 0.717) is 13.2 Å². The number of nitrogens with two attached hydrogens (primary N) is 1. The summed E-state index contributed by atoms with van der Waals surface area (Å²) in [4.78, 5) is 1.90. The molecule has 0 saturated carbocycles. The molecule has 1 aliphatic rings. The predicted octanol–water partition coefficient (Wildman–Crippen LogP) is -0.819. The number of nitrogens with zero attached hydrogens (tertiary/aromatic N) is 1. The van der Waals surface area contributed by atoms with Gasteiger partial charge >= 0.3 is 0 Å². The van der Waals surface area contributed by atoms with Crippen LogP contribution in [-0.2, 0) is 14.2 Å². The van der Waals surface area contributed by atoms with Gasteiger partial charge in [-0.05, 0) is 0 Å². The van der Waals surface area contributed by atoms with Crippen LogP contribution in [0.1, 0.15) is 0 Å². The molecule has 0 amide bonds. The Bertz CT molecular complexity index is 133. The predicted molar refractivity (Wildman–Crippen MR) is 43.3 cm³/mol. The van der Waals surface area contributed by atoms with Gasteiger partial charge in [-0.1, -0.05) is 0 Å². The first-order valence-corrected chi connectivity index (χ1v) is 3.95. The zero-order valence-corrected chi connectivity index (χ0v) is 7.58. The Balaban J connectivity index is 2.51. The van der Waals surface area contributed by atoms with Crippen LogP contribution in [0.25, 0.3) is 0 Å². The van der Waals surface area contributed by atoms with Crippen LogP contribution >= 0.6 is 0 Å². The number of hydrogen-bond acceptors (Lipinski definition) is 5. The van der Waals surface area contributed by atoms with Gasteiger partial charge in [-0.25, -0.2) is 4.90 Å². The summed E-state index contributed by atoms with van der Waals surface area (Å²) in [7, 11) is 3.05. The number of methoxy groups -OCH3 is 2. The molecule has 5 heteroatoms. The van der Waals surface area contributed by atoms with E-state index in [1.807, 2.05) is 4.90 Å². The van der Waals surface area contributed by atoms with Crippen molar-refractivity contribution in [2.24, 2.45) is 5.73 Å². The maximum atomic E-state index is 5.80. The molecule has 0 radical (unpaired) electrons. The maximum Gasteiger partial charge on any atom is 0.291 e. The highest BCUT2D eigenvalue weighted by atomic mass is 16.7. The van der Waals surface area contributed by atoms with E-state index in [1.54, 1.807) is 0 Å². The molecule has 0 aromatic heterocycles. The van der Waals surface area contributed by atoms with Gasteiger partial charge in [0.1, 0.15) is 0 Å². The Morgan fingerprint density at radius 1 is 1.25 bits per heavy atom. The van der Waals surface area contributed by atoms with Crippen molar-refractivity contribution in [1.29, 1.82) is 0 Å². The van der Waals surface area contributed by atoms with Gasteiger partial charge in [0.2, 0.25) is 0 Å². The molecule has 12 heavy (non-hydrogen) atoms. The number of ether oxygens (including phenoxy) is 3. The van der Waals surface area contributed by atoms with E-state index in [-0.39, 0.29) is 0 Å². The fraction of sp³-hybridized carbons (Fsp3) is 1.00. The van der Waals surface area contributed by atoms with E-state index in [2.05, 4.69) is 0 Å². The van der Waals surface area contributed by atoms with Gasteiger partial charge < -0.3 is 14.2 Å². The molecular formula is C7H16N2O3. The minimum Gasteiger partial charge on any atom is -0.379 e. The summed E-state index contributed by atoms with van der Waals surface area (Å²) < 4.78 is 15.3. The standard InChI is InChI=1S/C7H16N2O3/c1-10-7(8,11-2)9-3-5-12-6-4-9/h3-6,8H2,1-2H3. The van der Waals surface area contributed by atoms with Crippen LogP contribution in [0.15, 0.2) is 0 Å². The Labute approximate surface area is 72.4 Å². The van der Waals surface area contributed by atoms with E-state index in [4.69, 9.17) is 19.9 Å². The topological polar surface area (TPSA) is 57.0 Å². The van der Waals surface area contributed by atoms with Gasteiger partial charge in [0.15, 0.2) is 0 Å². The molecule has 1 heterocycles. The van der Waals surface area contributed by atoms with Crippen molar-refractivity contribution < 1.29 is 14.2 Å². The van der Waals surface area contributed by atoms with Crippen molar-refractivity contribution in [3.63, 3.8) is 0 Å². The van der Waals surface area contributed by atoms with Crippen molar-refractivity contribution in [2.75, 3.05) is 40.5 Å². The fourth-order valence-corrected chi connectivity index (χ4v) is 1.22. The van der Waals surface area contributed by atoms with Crippen LogP contribution in [0.5, 0.6) is 0 Å². The highest BCUT2D eigenvalue weighted by Gasteiger charge is 2.33. The zero-order valence-electron chi connectivity index (χ0n) is 7.58. The summed E-state index contributed by atoms with van der Waals surface area (Å²) in [6.45, 7) is 2.81. The van der Waals surface area contributed by atoms with Crippen molar-refractivity contribution in [3.05, 3.63) is 0 Å². The second kappa shape index (κ2) is 4.15. The van der Waals surface area contributed by atoms with Gasteiger partial charge in [0.05, 0.1) is 13.2 Å². The third kappa shape index (κ3) is 1.94. The Kier molecular flexibility index (Phi) is 3.42. The average molecular weight is 176 g/mol. The Morgan fingerprint density at radius 2 is 1.75 bits per heavy atom. The lowest BCUT2D eigenvalue weighted by atomic mass is 10.4. The normalized spacial score (nSPS) is 21.2. The van der Waals surface area contributed by atoms with Gasteiger partial charge in [-0.2, -0.15) is 0 Å². The first kappa shape index (κ1) is 9.88. The quantitative estimate of drug-likeness (QED) is 0.569. The third-order valence-corrected chi connectivity index (χ3v) is 2.04. The fourth-order valence-electron chi connectivity index (χ4n) is 1.22. The molecule has 2 N–H and O–H groups in total. The molecular weight excluding hydrogens is 160 g/mol. The van der Waals surface area contributed by atoms with E-state index >= 15 is 0 Å². The molecule has 0 bridgehead atoms. The van der Waals surface area contributed by atoms with Crippen LogP contribution in [0.4, 0.5) is 0 Å². The summed E-state index contributed by atoms with van der Waals surface area (Å²) in [5.74, 6) is 0. The summed E-state index contributed by atoms with van der Waals surface area (Å²) in [6, 6.07) is -1.09. The monoisotopic (exact) mass is 176 g/mol. The van der Waals surface area contributed by atoms with Crippen molar-refractivity contribution >= 4 is 0 Å².